The van der Waals surface area contributed by atoms with E-state index in [0.29, 0.717) is 13.7 Å². The van der Waals surface area contributed by atoms with E-state index in [9.17, 15) is 14.7 Å². The first-order valence-electron chi connectivity index (χ1n) is 5.95. The molecule has 0 aliphatic heterocycles. The SMILES string of the molecule is CCOC(=O)C[C@H](NC(C)=O)c1cc(I)c(O)c(I)c1. The first-order chi connectivity index (χ1) is 9.35. The number of aromatic hydroxyl groups is 1. The third-order valence-corrected chi connectivity index (χ3v) is 4.14. The number of ether oxygens (including phenoxy) is 1. The second kappa shape index (κ2) is 8.01. The van der Waals surface area contributed by atoms with Gasteiger partial charge >= 0.3 is 5.97 Å². The van der Waals surface area contributed by atoms with Crippen LogP contribution in [0.3, 0.4) is 0 Å². The third-order valence-electron chi connectivity index (χ3n) is 2.50. The quantitative estimate of drug-likeness (QED) is 0.479. The topological polar surface area (TPSA) is 75.6 Å². The molecule has 0 bridgehead atoms. The van der Waals surface area contributed by atoms with Crippen LogP contribution in [0.5, 0.6) is 5.75 Å². The van der Waals surface area contributed by atoms with Crippen molar-refractivity contribution >= 4 is 57.1 Å². The number of nitrogens with one attached hydrogen (secondary N) is 1. The molecule has 0 saturated heterocycles. The van der Waals surface area contributed by atoms with Gasteiger partial charge in [0.05, 0.1) is 26.2 Å². The van der Waals surface area contributed by atoms with Gasteiger partial charge in [-0.05, 0) is 69.8 Å². The molecule has 0 heterocycles. The number of phenols is 1. The summed E-state index contributed by atoms with van der Waals surface area (Å²) in [6, 6.07) is 3.03. The number of hydrogen-bond acceptors (Lipinski definition) is 4. The zero-order valence-corrected chi connectivity index (χ0v) is 15.4. The van der Waals surface area contributed by atoms with E-state index in [0.717, 1.165) is 5.56 Å². The van der Waals surface area contributed by atoms with Crippen molar-refractivity contribution in [3.63, 3.8) is 0 Å². The monoisotopic (exact) mass is 503 g/mol. The summed E-state index contributed by atoms with van der Waals surface area (Å²) in [6.07, 6.45) is 0.0599. The van der Waals surface area contributed by atoms with Crippen LogP contribution in [-0.4, -0.2) is 23.6 Å². The molecule has 0 spiro atoms. The molecule has 20 heavy (non-hydrogen) atoms. The van der Waals surface area contributed by atoms with Gasteiger partial charge < -0.3 is 15.2 Å². The van der Waals surface area contributed by atoms with E-state index in [1.807, 2.05) is 45.2 Å². The van der Waals surface area contributed by atoms with Gasteiger partial charge in [-0.15, -0.1) is 0 Å². The average molecular weight is 503 g/mol. The molecular weight excluding hydrogens is 488 g/mol. The van der Waals surface area contributed by atoms with Gasteiger partial charge in [0.25, 0.3) is 0 Å². The molecule has 7 heteroatoms. The largest absolute Gasteiger partial charge is 0.506 e. The number of carbonyl (C=O) groups excluding carboxylic acids is 2. The van der Waals surface area contributed by atoms with Crippen LogP contribution in [0.15, 0.2) is 12.1 Å². The van der Waals surface area contributed by atoms with E-state index >= 15 is 0 Å². The van der Waals surface area contributed by atoms with E-state index in [1.165, 1.54) is 6.92 Å². The van der Waals surface area contributed by atoms with Crippen LogP contribution >= 0.6 is 45.2 Å². The summed E-state index contributed by atoms with van der Waals surface area (Å²) in [5, 5.41) is 12.5. The smallest absolute Gasteiger partial charge is 0.308 e. The maximum absolute atomic E-state index is 11.6. The molecule has 0 aromatic heterocycles. The lowest BCUT2D eigenvalue weighted by Crippen LogP contribution is -2.28. The van der Waals surface area contributed by atoms with Crippen LogP contribution in [0.2, 0.25) is 0 Å². The zero-order valence-electron chi connectivity index (χ0n) is 11.1. The number of carbonyl (C=O) groups is 2. The fraction of sp³-hybridized carbons (Fsp3) is 0.385. The molecule has 0 fully saturated rings. The second-order valence-electron chi connectivity index (χ2n) is 4.10. The summed E-state index contributed by atoms with van der Waals surface area (Å²) in [4.78, 5) is 22.9. The first kappa shape index (κ1) is 17.5. The van der Waals surface area contributed by atoms with Crippen molar-refractivity contribution in [1.29, 1.82) is 0 Å². The Labute approximate surface area is 144 Å². The van der Waals surface area contributed by atoms with Crippen molar-refractivity contribution in [3.8, 4) is 5.75 Å². The minimum absolute atomic E-state index is 0.0599. The summed E-state index contributed by atoms with van der Waals surface area (Å²) < 4.78 is 6.26. The van der Waals surface area contributed by atoms with Gasteiger partial charge in [0.2, 0.25) is 5.91 Å². The van der Waals surface area contributed by atoms with Crippen LogP contribution in [0.1, 0.15) is 31.9 Å². The molecule has 1 atom stereocenters. The summed E-state index contributed by atoms with van der Waals surface area (Å²) in [6.45, 7) is 3.43. The molecule has 0 aliphatic carbocycles. The number of esters is 1. The number of rotatable bonds is 5. The van der Waals surface area contributed by atoms with Gasteiger partial charge in [0, 0.05) is 6.92 Å². The van der Waals surface area contributed by atoms with Crippen molar-refractivity contribution in [3.05, 3.63) is 24.8 Å². The van der Waals surface area contributed by atoms with Crippen molar-refractivity contribution in [1.82, 2.24) is 5.32 Å². The van der Waals surface area contributed by atoms with E-state index in [1.54, 1.807) is 19.1 Å². The van der Waals surface area contributed by atoms with Crippen molar-refractivity contribution < 1.29 is 19.4 Å². The number of phenolic OH excluding ortho intramolecular Hbond substituents is 1. The second-order valence-corrected chi connectivity index (χ2v) is 6.42. The van der Waals surface area contributed by atoms with Gasteiger partial charge in [-0.1, -0.05) is 0 Å². The van der Waals surface area contributed by atoms with Gasteiger partial charge in [-0.2, -0.15) is 0 Å². The van der Waals surface area contributed by atoms with Crippen LogP contribution in [0.4, 0.5) is 0 Å². The molecule has 0 unspecified atom stereocenters. The van der Waals surface area contributed by atoms with E-state index < -0.39 is 6.04 Å². The highest BCUT2D eigenvalue weighted by atomic mass is 127. The summed E-state index contributed by atoms with van der Waals surface area (Å²) in [5.74, 6) is -0.394. The number of hydrogen-bond donors (Lipinski definition) is 2. The fourth-order valence-corrected chi connectivity index (χ4v) is 3.49. The molecule has 0 radical (unpaired) electrons. The molecule has 1 amide bonds. The lowest BCUT2D eigenvalue weighted by Gasteiger charge is -2.18. The zero-order chi connectivity index (χ0) is 15.3. The third kappa shape index (κ3) is 5.08. The van der Waals surface area contributed by atoms with Gasteiger partial charge in [0.15, 0.2) is 0 Å². The van der Waals surface area contributed by atoms with Crippen LogP contribution in [0, 0.1) is 7.14 Å². The minimum Gasteiger partial charge on any atom is -0.506 e. The predicted molar refractivity (Wildman–Crippen MR) is 91.3 cm³/mol. The Balaban J connectivity index is 3.04. The van der Waals surface area contributed by atoms with Gasteiger partial charge in [0.1, 0.15) is 5.75 Å². The lowest BCUT2D eigenvalue weighted by molar-refractivity contribution is -0.143. The molecule has 1 aromatic rings. The van der Waals surface area contributed by atoms with Crippen LogP contribution < -0.4 is 5.32 Å². The van der Waals surface area contributed by atoms with E-state index in [2.05, 4.69) is 5.32 Å². The number of halogens is 2. The minimum atomic E-state index is -0.464. The standard InChI is InChI=1S/C13H15I2NO4/c1-3-20-12(18)6-11(16-7(2)17)8-4-9(14)13(19)10(15)5-8/h4-5,11,19H,3,6H2,1-2H3,(H,16,17)/t11-/m0/s1. The van der Waals surface area contributed by atoms with E-state index in [4.69, 9.17) is 4.74 Å². The highest BCUT2D eigenvalue weighted by Crippen LogP contribution is 2.30. The Hall–Kier alpha value is -0.580. The highest BCUT2D eigenvalue weighted by molar-refractivity contribution is 14.1. The Morgan fingerprint density at radius 3 is 2.35 bits per heavy atom. The van der Waals surface area contributed by atoms with Gasteiger partial charge in [-0.25, -0.2) is 0 Å². The highest BCUT2D eigenvalue weighted by Gasteiger charge is 2.20. The molecule has 1 rings (SSSR count). The number of amides is 1. The maximum Gasteiger partial charge on any atom is 0.308 e. The molecule has 5 nitrogen and oxygen atoms in total. The fourth-order valence-electron chi connectivity index (χ4n) is 1.67. The Morgan fingerprint density at radius 2 is 1.90 bits per heavy atom. The molecular formula is C13H15I2NO4. The molecule has 110 valence electrons. The molecule has 0 saturated carbocycles. The van der Waals surface area contributed by atoms with Crippen LogP contribution in [-0.2, 0) is 14.3 Å². The first-order valence-corrected chi connectivity index (χ1v) is 8.11. The normalized spacial score (nSPS) is 11.8. The van der Waals surface area contributed by atoms with Gasteiger partial charge in [-0.3, -0.25) is 9.59 Å². The Morgan fingerprint density at radius 1 is 1.35 bits per heavy atom. The van der Waals surface area contributed by atoms with Crippen LogP contribution in [0.25, 0.3) is 0 Å². The Kier molecular flexibility index (Phi) is 7.00. The van der Waals surface area contributed by atoms with E-state index in [-0.39, 0.29) is 24.0 Å². The average Bonchev–Trinajstić information content (AvgIpc) is 2.34. The predicted octanol–water partition coefficient (Wildman–Crippen LogP) is 2.73. The molecule has 2 N–H and O–H groups in total. The summed E-state index contributed by atoms with van der Waals surface area (Å²) in [7, 11) is 0. The van der Waals surface area contributed by atoms with Crippen molar-refractivity contribution in [2.24, 2.45) is 0 Å². The van der Waals surface area contributed by atoms with Crippen molar-refractivity contribution in [2.45, 2.75) is 26.3 Å². The maximum atomic E-state index is 11.6. The summed E-state index contributed by atoms with van der Waals surface area (Å²) in [5.41, 5.74) is 0.764. The molecule has 1 aromatic carbocycles. The molecule has 0 aliphatic rings. The lowest BCUT2D eigenvalue weighted by atomic mass is 10.0. The number of benzene rings is 1. The Bertz CT molecular complexity index is 496. The summed E-state index contributed by atoms with van der Waals surface area (Å²) >= 11 is 4.02. The van der Waals surface area contributed by atoms with Crippen molar-refractivity contribution in [2.75, 3.05) is 6.61 Å².